The van der Waals surface area contributed by atoms with Crippen LogP contribution in [0.25, 0.3) is 0 Å². The van der Waals surface area contributed by atoms with E-state index in [1.165, 1.54) is 37.4 Å². The Hall–Kier alpha value is -2.66. The number of aliphatic imine (C=N–C) groups is 1. The van der Waals surface area contributed by atoms with E-state index in [-0.39, 0.29) is 17.1 Å². The predicted molar refractivity (Wildman–Crippen MR) is 90.0 cm³/mol. The second kappa shape index (κ2) is 7.56. The third-order valence-electron chi connectivity index (χ3n) is 2.91. The molecule has 0 aliphatic carbocycles. The van der Waals surface area contributed by atoms with Crippen LogP contribution in [-0.2, 0) is 4.79 Å². The molecule has 0 saturated carbocycles. The van der Waals surface area contributed by atoms with Gasteiger partial charge >= 0.3 is 0 Å². The van der Waals surface area contributed by atoms with Crippen molar-refractivity contribution in [1.82, 2.24) is 0 Å². The molecule has 23 heavy (non-hydrogen) atoms. The Morgan fingerprint density at radius 2 is 1.78 bits per heavy atom. The van der Waals surface area contributed by atoms with Crippen molar-refractivity contribution in [2.75, 3.05) is 5.32 Å². The van der Waals surface area contributed by atoms with Crippen molar-refractivity contribution in [1.29, 1.82) is 0 Å². The molecule has 0 unspecified atom stereocenters. The zero-order valence-corrected chi connectivity index (χ0v) is 13.0. The highest BCUT2D eigenvalue weighted by molar-refractivity contribution is 6.30. The van der Waals surface area contributed by atoms with Crippen molar-refractivity contribution < 1.29 is 14.3 Å². The molecule has 4 nitrogen and oxygen atoms in total. The lowest BCUT2D eigenvalue weighted by molar-refractivity contribution is -0.112. The third-order valence-corrected chi connectivity index (χ3v) is 3.16. The van der Waals surface area contributed by atoms with E-state index in [1.54, 1.807) is 24.3 Å². The average molecular weight is 333 g/mol. The lowest BCUT2D eigenvalue weighted by Gasteiger charge is -2.06. The van der Waals surface area contributed by atoms with Crippen LogP contribution in [0.15, 0.2) is 64.9 Å². The summed E-state index contributed by atoms with van der Waals surface area (Å²) in [6, 6.07) is 12.0. The highest BCUT2D eigenvalue weighted by Crippen LogP contribution is 2.16. The van der Waals surface area contributed by atoms with Crippen LogP contribution >= 0.6 is 11.6 Å². The summed E-state index contributed by atoms with van der Waals surface area (Å²) in [6.45, 7) is 1.38. The van der Waals surface area contributed by atoms with Gasteiger partial charge in [-0.1, -0.05) is 11.6 Å². The van der Waals surface area contributed by atoms with Crippen LogP contribution < -0.4 is 5.32 Å². The summed E-state index contributed by atoms with van der Waals surface area (Å²) in [4.78, 5) is 16.3. The Kier molecular flexibility index (Phi) is 5.49. The molecule has 0 bridgehead atoms. The molecule has 118 valence electrons. The topological polar surface area (TPSA) is 61.7 Å². The fourth-order valence-electron chi connectivity index (χ4n) is 1.71. The van der Waals surface area contributed by atoms with Gasteiger partial charge in [-0.05, 0) is 55.5 Å². The van der Waals surface area contributed by atoms with Gasteiger partial charge < -0.3 is 10.4 Å². The van der Waals surface area contributed by atoms with Crippen LogP contribution in [0.5, 0.6) is 0 Å². The maximum Gasteiger partial charge on any atom is 0.260 e. The van der Waals surface area contributed by atoms with E-state index in [0.717, 1.165) is 0 Å². The number of halogens is 2. The van der Waals surface area contributed by atoms with Gasteiger partial charge in [0, 0.05) is 16.9 Å². The minimum atomic E-state index is -0.516. The van der Waals surface area contributed by atoms with Gasteiger partial charge in [-0.3, -0.25) is 9.79 Å². The van der Waals surface area contributed by atoms with E-state index in [2.05, 4.69) is 10.3 Å². The number of aliphatic hydroxyl groups is 1. The fraction of sp³-hybridized carbons (Fsp3) is 0.0588. The molecule has 2 aromatic rings. The predicted octanol–water partition coefficient (Wildman–Crippen LogP) is 4.65. The molecule has 0 aliphatic rings. The second-order valence-corrected chi connectivity index (χ2v) is 5.13. The average Bonchev–Trinajstić information content (AvgIpc) is 2.51. The minimum absolute atomic E-state index is 0.00396. The molecule has 2 rings (SSSR count). The Balaban J connectivity index is 2.15. The van der Waals surface area contributed by atoms with Crippen molar-refractivity contribution in [3.63, 3.8) is 0 Å². The number of benzene rings is 2. The molecule has 0 saturated heterocycles. The van der Waals surface area contributed by atoms with E-state index in [1.807, 2.05) is 0 Å². The van der Waals surface area contributed by atoms with E-state index in [0.29, 0.717) is 16.4 Å². The summed E-state index contributed by atoms with van der Waals surface area (Å²) in [7, 11) is 0. The van der Waals surface area contributed by atoms with Crippen molar-refractivity contribution >= 4 is 35.1 Å². The summed E-state index contributed by atoms with van der Waals surface area (Å²) < 4.78 is 12.8. The zero-order chi connectivity index (χ0) is 16.8. The first kappa shape index (κ1) is 16.7. The Bertz CT molecular complexity index is 749. The highest BCUT2D eigenvalue weighted by atomic mass is 35.5. The molecule has 0 spiro atoms. The van der Waals surface area contributed by atoms with Gasteiger partial charge in [0.15, 0.2) is 0 Å². The van der Waals surface area contributed by atoms with Crippen LogP contribution in [0.3, 0.4) is 0 Å². The number of hydrogen-bond acceptors (Lipinski definition) is 3. The first-order chi connectivity index (χ1) is 11.0. The molecule has 1 amide bonds. The highest BCUT2D eigenvalue weighted by Gasteiger charge is 2.11. The van der Waals surface area contributed by atoms with Gasteiger partial charge in [-0.15, -0.1) is 0 Å². The number of amides is 1. The molecule has 2 aromatic carbocycles. The second-order valence-electron chi connectivity index (χ2n) is 4.69. The fourth-order valence-corrected chi connectivity index (χ4v) is 1.84. The van der Waals surface area contributed by atoms with Gasteiger partial charge in [0.25, 0.3) is 5.91 Å². The van der Waals surface area contributed by atoms with E-state index >= 15 is 0 Å². The normalized spacial score (nSPS) is 12.1. The van der Waals surface area contributed by atoms with Crippen molar-refractivity contribution in [3.8, 4) is 0 Å². The van der Waals surface area contributed by atoms with Crippen LogP contribution in [0.2, 0.25) is 5.02 Å². The van der Waals surface area contributed by atoms with Crippen LogP contribution in [-0.4, -0.2) is 17.2 Å². The first-order valence-electron chi connectivity index (χ1n) is 6.72. The van der Waals surface area contributed by atoms with Gasteiger partial charge in [0.2, 0.25) is 0 Å². The maximum atomic E-state index is 12.8. The number of carbonyl (C=O) groups is 1. The van der Waals surface area contributed by atoms with Gasteiger partial charge in [-0.25, -0.2) is 4.39 Å². The number of nitrogens with zero attached hydrogens (tertiary/aromatic N) is 1. The van der Waals surface area contributed by atoms with Gasteiger partial charge in [0.05, 0.1) is 11.3 Å². The molecule has 6 heteroatoms. The quantitative estimate of drug-likeness (QED) is 0.486. The number of carbonyl (C=O) groups excluding carboxylic acids is 1. The van der Waals surface area contributed by atoms with E-state index in [4.69, 9.17) is 11.6 Å². The number of aliphatic hydroxyl groups excluding tert-OH is 1. The summed E-state index contributed by atoms with van der Waals surface area (Å²) in [5, 5.41) is 12.9. The lowest BCUT2D eigenvalue weighted by Crippen LogP contribution is -2.16. The number of nitrogens with one attached hydrogen (secondary N) is 1. The molecule has 0 aromatic heterocycles. The first-order valence-corrected chi connectivity index (χ1v) is 7.10. The molecular formula is C17H14ClFN2O2. The van der Waals surface area contributed by atoms with Crippen molar-refractivity contribution in [3.05, 3.63) is 70.7 Å². The Morgan fingerprint density at radius 3 is 2.35 bits per heavy atom. The molecule has 0 fully saturated rings. The molecule has 0 aliphatic heterocycles. The molecule has 0 atom stereocenters. The van der Waals surface area contributed by atoms with Crippen molar-refractivity contribution in [2.45, 2.75) is 6.92 Å². The summed E-state index contributed by atoms with van der Waals surface area (Å²) in [6.07, 6.45) is 1.23. The van der Waals surface area contributed by atoms with E-state index in [9.17, 15) is 14.3 Å². The summed E-state index contributed by atoms with van der Waals surface area (Å²) in [5.74, 6) is -1.07. The minimum Gasteiger partial charge on any atom is -0.512 e. The number of allylic oxidation sites excluding steroid dienone is 1. The standard InChI is InChI=1S/C17H14ClFN2O2/c1-11(22)16(10-20-14-8-4-13(19)5-9-14)17(23)21-15-6-2-12(18)3-7-15/h2-10,22H,1H3,(H,21,23)/b16-11+,20-10?. The van der Waals surface area contributed by atoms with Crippen LogP contribution in [0.4, 0.5) is 15.8 Å². The largest absolute Gasteiger partial charge is 0.512 e. The number of anilines is 1. The molecule has 2 N–H and O–H groups in total. The third kappa shape index (κ3) is 4.93. The van der Waals surface area contributed by atoms with E-state index < -0.39 is 5.91 Å². The molecule has 0 heterocycles. The SMILES string of the molecule is C/C(O)=C(/C=Nc1ccc(F)cc1)C(=O)Nc1ccc(Cl)cc1. The molecular weight excluding hydrogens is 319 g/mol. The molecule has 0 radical (unpaired) electrons. The lowest BCUT2D eigenvalue weighted by atomic mass is 10.2. The summed E-state index contributed by atoms with van der Waals surface area (Å²) in [5.41, 5.74) is 1.00. The Morgan fingerprint density at radius 1 is 1.17 bits per heavy atom. The van der Waals surface area contributed by atoms with Gasteiger partial charge in [0.1, 0.15) is 11.6 Å². The zero-order valence-electron chi connectivity index (χ0n) is 12.3. The number of hydrogen-bond donors (Lipinski definition) is 2. The smallest absolute Gasteiger partial charge is 0.260 e. The number of rotatable bonds is 4. The van der Waals surface area contributed by atoms with Crippen molar-refractivity contribution in [2.24, 2.45) is 4.99 Å². The maximum absolute atomic E-state index is 12.8. The van der Waals surface area contributed by atoms with Crippen LogP contribution in [0, 0.1) is 5.82 Å². The monoisotopic (exact) mass is 332 g/mol. The van der Waals surface area contributed by atoms with Gasteiger partial charge in [-0.2, -0.15) is 0 Å². The summed E-state index contributed by atoms with van der Waals surface area (Å²) >= 11 is 5.78. The van der Waals surface area contributed by atoms with Crippen LogP contribution in [0.1, 0.15) is 6.92 Å². The Labute approximate surface area is 137 Å².